The van der Waals surface area contributed by atoms with Gasteiger partial charge in [-0.1, -0.05) is 18.2 Å². The number of amides is 3. The second kappa shape index (κ2) is 6.81. The lowest BCUT2D eigenvalue weighted by Crippen LogP contribution is -2.57. The number of rotatable bonds is 2. The molecule has 2 heterocycles. The van der Waals surface area contributed by atoms with Crippen LogP contribution in [0.2, 0.25) is 0 Å². The van der Waals surface area contributed by atoms with Gasteiger partial charge in [0.05, 0.1) is 6.54 Å². The van der Waals surface area contributed by atoms with Gasteiger partial charge in [-0.15, -0.1) is 0 Å². The Balaban J connectivity index is 1.77. The summed E-state index contributed by atoms with van der Waals surface area (Å²) in [5.41, 5.74) is 0.601. The highest BCUT2D eigenvalue weighted by Crippen LogP contribution is 2.21. The van der Waals surface area contributed by atoms with Gasteiger partial charge in [-0.25, -0.2) is 0 Å². The van der Waals surface area contributed by atoms with E-state index >= 15 is 0 Å². The molecule has 0 aliphatic carbocycles. The number of piperidine rings is 1. The molecule has 1 atom stereocenters. The lowest BCUT2D eigenvalue weighted by molar-refractivity contribution is -0.142. The van der Waals surface area contributed by atoms with Crippen LogP contribution in [0.1, 0.15) is 29.6 Å². The van der Waals surface area contributed by atoms with Gasteiger partial charge < -0.3 is 15.1 Å². The third kappa shape index (κ3) is 3.36. The zero-order valence-corrected chi connectivity index (χ0v) is 13.0. The Labute approximate surface area is 135 Å². The number of likely N-dealkylation sites (tertiary alicyclic amines) is 1. The molecule has 1 unspecified atom stereocenters. The summed E-state index contributed by atoms with van der Waals surface area (Å²) in [5.74, 6) is -0.352. The van der Waals surface area contributed by atoms with Crippen molar-refractivity contribution in [2.45, 2.75) is 25.3 Å². The molecule has 122 valence electrons. The number of nitrogens with one attached hydrogen (secondary N) is 1. The highest BCUT2D eigenvalue weighted by atomic mass is 16.2. The Kier molecular flexibility index (Phi) is 4.60. The summed E-state index contributed by atoms with van der Waals surface area (Å²) in [5, 5.41) is 2.72. The van der Waals surface area contributed by atoms with Crippen molar-refractivity contribution in [3.63, 3.8) is 0 Å². The molecule has 0 spiro atoms. The molecule has 0 radical (unpaired) electrons. The second-order valence-electron chi connectivity index (χ2n) is 5.99. The number of carbonyl (C=O) groups excluding carboxylic acids is 3. The SMILES string of the molecule is O=C1CN(C(=O)C2CCCCN2C(=O)c2ccccc2)CCN1. The third-order valence-electron chi connectivity index (χ3n) is 4.42. The molecule has 2 aliphatic rings. The topological polar surface area (TPSA) is 69.7 Å². The van der Waals surface area contributed by atoms with Crippen molar-refractivity contribution in [1.82, 2.24) is 15.1 Å². The van der Waals surface area contributed by atoms with Crippen molar-refractivity contribution in [2.24, 2.45) is 0 Å². The fourth-order valence-electron chi connectivity index (χ4n) is 3.22. The van der Waals surface area contributed by atoms with Crippen LogP contribution in [0.15, 0.2) is 30.3 Å². The maximum atomic E-state index is 12.8. The summed E-state index contributed by atoms with van der Waals surface area (Å²) in [6.07, 6.45) is 2.49. The summed E-state index contributed by atoms with van der Waals surface area (Å²) in [7, 11) is 0. The van der Waals surface area contributed by atoms with Crippen LogP contribution in [0.4, 0.5) is 0 Å². The van der Waals surface area contributed by atoms with E-state index in [9.17, 15) is 14.4 Å². The number of benzene rings is 1. The molecule has 1 N–H and O–H groups in total. The molecule has 1 aromatic carbocycles. The highest BCUT2D eigenvalue weighted by Gasteiger charge is 2.36. The first kappa shape index (κ1) is 15.5. The van der Waals surface area contributed by atoms with Gasteiger partial charge >= 0.3 is 0 Å². The quantitative estimate of drug-likeness (QED) is 0.871. The van der Waals surface area contributed by atoms with Crippen LogP contribution in [0, 0.1) is 0 Å². The minimum absolute atomic E-state index is 0.0860. The molecule has 0 aromatic heterocycles. The van der Waals surface area contributed by atoms with E-state index in [1.54, 1.807) is 21.9 Å². The monoisotopic (exact) mass is 315 g/mol. The van der Waals surface area contributed by atoms with Crippen LogP contribution < -0.4 is 5.32 Å². The van der Waals surface area contributed by atoms with Gasteiger partial charge in [0.1, 0.15) is 6.04 Å². The Morgan fingerprint density at radius 2 is 1.87 bits per heavy atom. The number of hydrogen-bond acceptors (Lipinski definition) is 3. The molecule has 0 saturated carbocycles. The molecule has 0 bridgehead atoms. The Morgan fingerprint density at radius 3 is 2.61 bits per heavy atom. The summed E-state index contributed by atoms with van der Waals surface area (Å²) >= 11 is 0. The van der Waals surface area contributed by atoms with E-state index in [4.69, 9.17) is 0 Å². The second-order valence-corrected chi connectivity index (χ2v) is 5.99. The number of piperazine rings is 1. The average molecular weight is 315 g/mol. The van der Waals surface area contributed by atoms with E-state index in [1.807, 2.05) is 18.2 Å². The Bertz CT molecular complexity index is 602. The molecule has 2 saturated heterocycles. The van der Waals surface area contributed by atoms with Gasteiger partial charge in [0, 0.05) is 25.2 Å². The predicted octanol–water partition coefficient (Wildman–Crippen LogP) is 0.640. The first-order valence-corrected chi connectivity index (χ1v) is 8.08. The van der Waals surface area contributed by atoms with Crippen LogP contribution in [0.5, 0.6) is 0 Å². The normalized spacial score (nSPS) is 21.7. The first-order valence-electron chi connectivity index (χ1n) is 8.08. The van der Waals surface area contributed by atoms with E-state index in [0.29, 0.717) is 31.6 Å². The van der Waals surface area contributed by atoms with Crippen molar-refractivity contribution in [3.8, 4) is 0 Å². The van der Waals surface area contributed by atoms with Crippen LogP contribution >= 0.6 is 0 Å². The van der Waals surface area contributed by atoms with E-state index in [-0.39, 0.29) is 24.3 Å². The van der Waals surface area contributed by atoms with Crippen molar-refractivity contribution < 1.29 is 14.4 Å². The summed E-state index contributed by atoms with van der Waals surface area (Å²) in [4.78, 5) is 40.3. The predicted molar refractivity (Wildman–Crippen MR) is 84.7 cm³/mol. The summed E-state index contributed by atoms with van der Waals surface area (Å²) in [6, 6.07) is 8.59. The number of carbonyl (C=O) groups is 3. The maximum Gasteiger partial charge on any atom is 0.254 e. The molecule has 2 aliphatic heterocycles. The van der Waals surface area contributed by atoms with Crippen molar-refractivity contribution in [1.29, 1.82) is 0 Å². The molecule has 3 amide bonds. The molecule has 1 aromatic rings. The van der Waals surface area contributed by atoms with Crippen LogP contribution in [0.25, 0.3) is 0 Å². The zero-order valence-electron chi connectivity index (χ0n) is 13.0. The van der Waals surface area contributed by atoms with Crippen molar-refractivity contribution >= 4 is 17.7 Å². The van der Waals surface area contributed by atoms with E-state index < -0.39 is 6.04 Å². The fraction of sp³-hybridized carbons (Fsp3) is 0.471. The maximum absolute atomic E-state index is 12.8. The molecular weight excluding hydrogens is 294 g/mol. The van der Waals surface area contributed by atoms with E-state index in [1.165, 1.54) is 0 Å². The average Bonchev–Trinajstić information content (AvgIpc) is 2.61. The van der Waals surface area contributed by atoms with Crippen LogP contribution in [-0.4, -0.2) is 59.7 Å². The van der Waals surface area contributed by atoms with E-state index in [2.05, 4.69) is 5.32 Å². The Hall–Kier alpha value is -2.37. The minimum Gasteiger partial charge on any atom is -0.353 e. The van der Waals surface area contributed by atoms with Crippen LogP contribution in [-0.2, 0) is 9.59 Å². The molecule has 23 heavy (non-hydrogen) atoms. The molecule has 6 heteroatoms. The smallest absolute Gasteiger partial charge is 0.254 e. The molecular formula is C17H21N3O3. The van der Waals surface area contributed by atoms with Gasteiger partial charge in [-0.3, -0.25) is 14.4 Å². The lowest BCUT2D eigenvalue weighted by Gasteiger charge is -2.38. The Morgan fingerprint density at radius 1 is 1.09 bits per heavy atom. The van der Waals surface area contributed by atoms with Gasteiger partial charge in [0.15, 0.2) is 0 Å². The van der Waals surface area contributed by atoms with Gasteiger partial charge in [0.2, 0.25) is 11.8 Å². The summed E-state index contributed by atoms with van der Waals surface area (Å²) < 4.78 is 0. The third-order valence-corrected chi connectivity index (χ3v) is 4.42. The van der Waals surface area contributed by atoms with Gasteiger partial charge in [-0.05, 0) is 31.4 Å². The fourth-order valence-corrected chi connectivity index (χ4v) is 3.22. The van der Waals surface area contributed by atoms with E-state index in [0.717, 1.165) is 12.8 Å². The van der Waals surface area contributed by atoms with Crippen molar-refractivity contribution in [3.05, 3.63) is 35.9 Å². The minimum atomic E-state index is -0.456. The highest BCUT2D eigenvalue weighted by molar-refractivity contribution is 5.98. The number of hydrogen-bond donors (Lipinski definition) is 1. The van der Waals surface area contributed by atoms with Crippen molar-refractivity contribution in [2.75, 3.05) is 26.2 Å². The largest absolute Gasteiger partial charge is 0.353 e. The van der Waals surface area contributed by atoms with Gasteiger partial charge in [0.25, 0.3) is 5.91 Å². The number of nitrogens with zero attached hydrogens (tertiary/aromatic N) is 2. The standard InChI is InChI=1S/C17H21N3O3/c21-15-12-19(11-9-18-15)17(23)14-8-4-5-10-20(14)16(22)13-6-2-1-3-7-13/h1-3,6-7,14H,4-5,8-12H2,(H,18,21). The molecule has 6 nitrogen and oxygen atoms in total. The van der Waals surface area contributed by atoms with Crippen LogP contribution in [0.3, 0.4) is 0 Å². The summed E-state index contributed by atoms with van der Waals surface area (Å²) in [6.45, 7) is 1.66. The molecule has 2 fully saturated rings. The lowest BCUT2D eigenvalue weighted by atomic mass is 9.99. The van der Waals surface area contributed by atoms with Gasteiger partial charge in [-0.2, -0.15) is 0 Å². The first-order chi connectivity index (χ1) is 11.2. The molecule has 3 rings (SSSR count). The zero-order chi connectivity index (χ0) is 16.2.